The van der Waals surface area contributed by atoms with Crippen LogP contribution in [0.3, 0.4) is 0 Å². The van der Waals surface area contributed by atoms with Gasteiger partial charge in [-0.3, -0.25) is 19.7 Å². The zero-order valence-corrected chi connectivity index (χ0v) is 17.4. The number of carboxylic acid groups (broad SMARTS) is 1. The first-order valence-electron chi connectivity index (χ1n) is 9.79. The van der Waals surface area contributed by atoms with Crippen molar-refractivity contribution in [2.45, 2.75) is 18.5 Å². The summed E-state index contributed by atoms with van der Waals surface area (Å²) >= 11 is 6.18. The molecule has 0 aromatic heterocycles. The number of anilines is 1. The van der Waals surface area contributed by atoms with Crippen molar-refractivity contribution < 1.29 is 24.6 Å². The van der Waals surface area contributed by atoms with E-state index in [0.717, 1.165) is 16.0 Å². The quantitative estimate of drug-likeness (QED) is 0.616. The monoisotopic (exact) mass is 440 g/mol. The first kappa shape index (κ1) is 21.2. The fourth-order valence-electron chi connectivity index (χ4n) is 4.38. The highest BCUT2D eigenvalue weighted by Crippen LogP contribution is 2.45. The average Bonchev–Trinajstić information content (AvgIpc) is 3.23. The number of aliphatic hydroxyl groups is 1. The fourth-order valence-corrected chi connectivity index (χ4v) is 4.55. The number of fused-ring (bicyclic) bond motifs is 1. The molecule has 2 aromatic carbocycles. The first-order chi connectivity index (χ1) is 14.8. The highest BCUT2D eigenvalue weighted by atomic mass is 35.5. The van der Waals surface area contributed by atoms with Crippen LogP contribution in [0.15, 0.2) is 54.6 Å². The highest BCUT2D eigenvalue weighted by Gasteiger charge is 2.68. The zero-order chi connectivity index (χ0) is 22.3. The van der Waals surface area contributed by atoms with Crippen LogP contribution in [0, 0.1) is 18.8 Å². The van der Waals surface area contributed by atoms with Crippen molar-refractivity contribution in [1.82, 2.24) is 5.32 Å². The van der Waals surface area contributed by atoms with Crippen LogP contribution >= 0.6 is 11.6 Å². The molecule has 2 fully saturated rings. The van der Waals surface area contributed by atoms with Gasteiger partial charge in [0.25, 0.3) is 0 Å². The van der Waals surface area contributed by atoms with Crippen LogP contribution in [0.2, 0.25) is 5.02 Å². The number of nitrogens with one attached hydrogen (secondary N) is 1. The molecule has 0 bridgehead atoms. The van der Waals surface area contributed by atoms with E-state index in [1.807, 2.05) is 30.3 Å². The predicted octanol–water partition coefficient (Wildman–Crippen LogP) is 2.25. The van der Waals surface area contributed by atoms with E-state index in [1.54, 1.807) is 31.2 Å². The van der Waals surface area contributed by atoms with E-state index in [2.05, 4.69) is 5.32 Å². The molecule has 8 heteroatoms. The molecule has 2 saturated heterocycles. The molecular weight excluding hydrogens is 420 g/mol. The summed E-state index contributed by atoms with van der Waals surface area (Å²) in [5.41, 5.74) is -0.0447. The Morgan fingerprint density at radius 2 is 1.90 bits per heavy atom. The van der Waals surface area contributed by atoms with Crippen molar-refractivity contribution in [1.29, 1.82) is 0 Å². The minimum atomic E-state index is -1.97. The molecule has 0 aliphatic carbocycles. The molecule has 3 N–H and O–H groups in total. The highest BCUT2D eigenvalue weighted by molar-refractivity contribution is 6.32. The average molecular weight is 441 g/mol. The number of nitrogens with zero attached hydrogens (tertiary/aromatic N) is 1. The minimum absolute atomic E-state index is 0.281. The van der Waals surface area contributed by atoms with Crippen LogP contribution in [-0.4, -0.2) is 46.2 Å². The number of hydrogen-bond acceptors (Lipinski definition) is 5. The Labute approximate surface area is 183 Å². The van der Waals surface area contributed by atoms with Gasteiger partial charge in [-0.05, 0) is 30.2 Å². The molecule has 0 saturated carbocycles. The molecule has 2 aliphatic rings. The minimum Gasteiger partial charge on any atom is -0.480 e. The number of amides is 2. The number of rotatable bonds is 5. The van der Waals surface area contributed by atoms with Crippen LogP contribution in [0.5, 0.6) is 0 Å². The Morgan fingerprint density at radius 1 is 1.19 bits per heavy atom. The lowest BCUT2D eigenvalue weighted by Crippen LogP contribution is -2.59. The summed E-state index contributed by atoms with van der Waals surface area (Å²) in [6, 6.07) is 13.3. The van der Waals surface area contributed by atoms with Gasteiger partial charge >= 0.3 is 5.97 Å². The summed E-state index contributed by atoms with van der Waals surface area (Å²) in [6.45, 7) is 0.963. The summed E-state index contributed by atoms with van der Waals surface area (Å²) in [6.07, 6.45) is 3.43. The Morgan fingerprint density at radius 3 is 2.52 bits per heavy atom. The van der Waals surface area contributed by atoms with Crippen molar-refractivity contribution in [2.24, 2.45) is 11.8 Å². The van der Waals surface area contributed by atoms with Gasteiger partial charge in [-0.15, -0.1) is 0 Å². The van der Waals surface area contributed by atoms with Gasteiger partial charge in [-0.2, -0.15) is 0 Å². The summed E-state index contributed by atoms with van der Waals surface area (Å²) in [4.78, 5) is 39.8. The maximum atomic E-state index is 13.4. The van der Waals surface area contributed by atoms with Gasteiger partial charge in [-0.1, -0.05) is 60.2 Å². The van der Waals surface area contributed by atoms with E-state index in [9.17, 15) is 24.6 Å². The van der Waals surface area contributed by atoms with Gasteiger partial charge in [0.1, 0.15) is 0 Å². The standard InChI is InChI=1S/C23H21ClN2O5/c1-13-7-9-15(11-16(13)24)26-20(28)18-17(10-8-14-5-3-2-4-6-14)25-23(12-27,22(30)31)19(18)21(26)29/h2-11,17-19,25,27H,12H2,1H3,(H,30,31)/b10-8+. The van der Waals surface area contributed by atoms with Crippen LogP contribution in [0.1, 0.15) is 11.1 Å². The number of aryl methyl sites for hydroxylation is 1. The maximum Gasteiger partial charge on any atom is 0.327 e. The molecule has 2 aliphatic heterocycles. The number of aliphatic hydroxyl groups excluding tert-OH is 1. The molecular formula is C23H21ClN2O5. The Balaban J connectivity index is 1.77. The number of aliphatic carboxylic acids is 1. The molecule has 31 heavy (non-hydrogen) atoms. The molecule has 4 unspecified atom stereocenters. The largest absolute Gasteiger partial charge is 0.480 e. The van der Waals surface area contributed by atoms with E-state index in [-0.39, 0.29) is 5.69 Å². The predicted molar refractivity (Wildman–Crippen MR) is 116 cm³/mol. The van der Waals surface area contributed by atoms with Crippen molar-refractivity contribution in [3.05, 3.63) is 70.8 Å². The van der Waals surface area contributed by atoms with Crippen LogP contribution in [-0.2, 0) is 14.4 Å². The summed E-state index contributed by atoms with van der Waals surface area (Å²) in [7, 11) is 0. The Hall–Kier alpha value is -3.00. The maximum absolute atomic E-state index is 13.4. The normalized spacial score (nSPS) is 27.8. The van der Waals surface area contributed by atoms with Gasteiger partial charge in [-0.25, -0.2) is 4.90 Å². The number of benzene rings is 2. The molecule has 2 heterocycles. The van der Waals surface area contributed by atoms with Gasteiger partial charge in [0, 0.05) is 11.1 Å². The number of carbonyl (C=O) groups excluding carboxylic acids is 2. The number of carboxylic acids is 1. The van der Waals surface area contributed by atoms with E-state index in [0.29, 0.717) is 5.02 Å². The summed E-state index contributed by atoms with van der Waals surface area (Å²) < 4.78 is 0. The van der Waals surface area contributed by atoms with E-state index < -0.39 is 47.8 Å². The molecule has 4 rings (SSSR count). The van der Waals surface area contributed by atoms with E-state index >= 15 is 0 Å². The summed E-state index contributed by atoms with van der Waals surface area (Å²) in [5, 5.41) is 23.2. The van der Waals surface area contributed by atoms with Crippen molar-refractivity contribution in [3.8, 4) is 0 Å². The van der Waals surface area contributed by atoms with Crippen LogP contribution in [0.4, 0.5) is 5.69 Å². The third kappa shape index (κ3) is 3.35. The Bertz CT molecular complexity index is 1090. The lowest BCUT2D eigenvalue weighted by molar-refractivity contribution is -0.150. The number of hydrogen-bond donors (Lipinski definition) is 3. The topological polar surface area (TPSA) is 107 Å². The smallest absolute Gasteiger partial charge is 0.327 e. The molecule has 4 atom stereocenters. The van der Waals surface area contributed by atoms with Crippen molar-refractivity contribution in [2.75, 3.05) is 11.5 Å². The van der Waals surface area contributed by atoms with Gasteiger partial charge in [0.05, 0.1) is 24.1 Å². The molecule has 160 valence electrons. The molecule has 0 spiro atoms. The second kappa shape index (κ2) is 7.92. The number of carbonyl (C=O) groups is 3. The molecule has 7 nitrogen and oxygen atoms in total. The lowest BCUT2D eigenvalue weighted by atomic mass is 9.80. The molecule has 2 amide bonds. The van der Waals surface area contributed by atoms with Crippen molar-refractivity contribution in [3.63, 3.8) is 0 Å². The SMILES string of the molecule is Cc1ccc(N2C(=O)C3C(/C=C/c4ccccc4)NC(CO)(C(=O)O)C3C2=O)cc1Cl. The second-order valence-electron chi connectivity index (χ2n) is 7.82. The fraction of sp³-hybridized carbons (Fsp3) is 0.261. The second-order valence-corrected chi connectivity index (χ2v) is 8.23. The van der Waals surface area contributed by atoms with Crippen LogP contribution < -0.4 is 10.2 Å². The van der Waals surface area contributed by atoms with Crippen molar-refractivity contribution >= 4 is 41.1 Å². The zero-order valence-electron chi connectivity index (χ0n) is 16.7. The number of imide groups is 1. The Kier molecular flexibility index (Phi) is 5.43. The third-order valence-electron chi connectivity index (χ3n) is 6.03. The lowest BCUT2D eigenvalue weighted by Gasteiger charge is -2.28. The van der Waals surface area contributed by atoms with Gasteiger partial charge in [0.15, 0.2) is 5.54 Å². The van der Waals surface area contributed by atoms with Crippen LogP contribution in [0.25, 0.3) is 6.08 Å². The first-order valence-corrected chi connectivity index (χ1v) is 10.2. The van der Waals surface area contributed by atoms with E-state index in [1.165, 1.54) is 6.07 Å². The van der Waals surface area contributed by atoms with Gasteiger partial charge in [0.2, 0.25) is 11.8 Å². The van der Waals surface area contributed by atoms with E-state index in [4.69, 9.17) is 11.6 Å². The molecule has 0 radical (unpaired) electrons. The van der Waals surface area contributed by atoms with Gasteiger partial charge < -0.3 is 10.2 Å². The molecule has 2 aromatic rings. The number of halogens is 1. The third-order valence-corrected chi connectivity index (χ3v) is 6.44. The summed E-state index contributed by atoms with van der Waals surface area (Å²) in [5.74, 6) is -4.81.